The zero-order valence-corrected chi connectivity index (χ0v) is 15.2. The molecule has 0 bridgehead atoms. The molecule has 2 aromatic carbocycles. The molecule has 2 aromatic rings. The Bertz CT molecular complexity index is 743. The van der Waals surface area contributed by atoms with E-state index in [2.05, 4.69) is 10.5 Å². The number of hydrogen-bond acceptors (Lipinski definition) is 6. The normalized spacial score (nSPS) is 13.9. The summed E-state index contributed by atoms with van der Waals surface area (Å²) in [5.74, 6) is 3.94. The van der Waals surface area contributed by atoms with Crippen molar-refractivity contribution in [2.24, 2.45) is 5.10 Å². The summed E-state index contributed by atoms with van der Waals surface area (Å²) in [4.78, 5) is 11.7. The Labute approximate surface area is 156 Å². The van der Waals surface area contributed by atoms with Gasteiger partial charge in [-0.25, -0.2) is 5.43 Å². The Morgan fingerprint density at radius 1 is 1.12 bits per heavy atom. The molecule has 1 fully saturated rings. The van der Waals surface area contributed by atoms with E-state index in [0.717, 1.165) is 28.6 Å². The molecule has 7 heteroatoms. The molecular weight excluding hydrogens is 352 g/mol. The third-order valence-corrected chi connectivity index (χ3v) is 4.84. The minimum atomic E-state index is -0.334. The van der Waals surface area contributed by atoms with Crippen LogP contribution in [0.15, 0.2) is 53.6 Å². The lowest BCUT2D eigenvalue weighted by Gasteiger charge is -2.25. The summed E-state index contributed by atoms with van der Waals surface area (Å²) in [6.45, 7) is -0.115. The molecule has 0 radical (unpaired) electrons. The van der Waals surface area contributed by atoms with E-state index >= 15 is 0 Å². The van der Waals surface area contributed by atoms with Gasteiger partial charge in [0.15, 0.2) is 6.61 Å². The average molecular weight is 372 g/mol. The Morgan fingerprint density at radius 3 is 2.38 bits per heavy atom. The summed E-state index contributed by atoms with van der Waals surface area (Å²) >= 11 is 1.88. The van der Waals surface area contributed by atoms with Crippen LogP contribution in [0.1, 0.15) is 5.56 Å². The SMILES string of the molecule is COc1ccc(OCC(=O)N/N=C\c2ccc(OC3CSC3)cc2)cc1. The van der Waals surface area contributed by atoms with Crippen molar-refractivity contribution in [1.82, 2.24) is 5.43 Å². The number of rotatable bonds is 8. The van der Waals surface area contributed by atoms with Crippen molar-refractivity contribution < 1.29 is 19.0 Å². The molecule has 3 rings (SSSR count). The molecule has 1 heterocycles. The summed E-state index contributed by atoms with van der Waals surface area (Å²) in [7, 11) is 1.59. The predicted molar refractivity (Wildman–Crippen MR) is 102 cm³/mol. The largest absolute Gasteiger partial charge is 0.497 e. The number of carbonyl (C=O) groups excluding carboxylic acids is 1. The lowest BCUT2D eigenvalue weighted by molar-refractivity contribution is -0.123. The highest BCUT2D eigenvalue weighted by Gasteiger charge is 2.19. The number of hydrogen-bond donors (Lipinski definition) is 1. The molecule has 0 saturated carbocycles. The Kier molecular flexibility index (Phi) is 6.38. The van der Waals surface area contributed by atoms with Gasteiger partial charge in [-0.15, -0.1) is 0 Å². The van der Waals surface area contributed by atoms with Gasteiger partial charge < -0.3 is 14.2 Å². The summed E-state index contributed by atoms with van der Waals surface area (Å²) in [6.07, 6.45) is 1.90. The van der Waals surface area contributed by atoms with Crippen molar-refractivity contribution in [1.29, 1.82) is 0 Å². The summed E-state index contributed by atoms with van der Waals surface area (Å²) in [6, 6.07) is 14.6. The van der Waals surface area contributed by atoms with Gasteiger partial charge in [-0.2, -0.15) is 16.9 Å². The molecule has 1 amide bonds. The first-order valence-electron chi connectivity index (χ1n) is 8.16. The Hall–Kier alpha value is -2.67. The van der Waals surface area contributed by atoms with Gasteiger partial charge in [0, 0.05) is 11.5 Å². The molecule has 0 spiro atoms. The van der Waals surface area contributed by atoms with Gasteiger partial charge in [0.25, 0.3) is 5.91 Å². The fraction of sp³-hybridized carbons (Fsp3) is 0.263. The van der Waals surface area contributed by atoms with Gasteiger partial charge in [0.2, 0.25) is 0 Å². The minimum Gasteiger partial charge on any atom is -0.497 e. The van der Waals surface area contributed by atoms with Crippen LogP contribution < -0.4 is 19.6 Å². The first-order chi connectivity index (χ1) is 12.7. The lowest BCUT2D eigenvalue weighted by Crippen LogP contribution is -2.30. The zero-order chi connectivity index (χ0) is 18.2. The highest BCUT2D eigenvalue weighted by Crippen LogP contribution is 2.23. The second kappa shape index (κ2) is 9.15. The van der Waals surface area contributed by atoms with E-state index in [4.69, 9.17) is 14.2 Å². The number of nitrogens with one attached hydrogen (secondary N) is 1. The van der Waals surface area contributed by atoms with Gasteiger partial charge in [-0.1, -0.05) is 0 Å². The third kappa shape index (κ3) is 5.42. The van der Waals surface area contributed by atoms with Gasteiger partial charge in [-0.05, 0) is 54.1 Å². The fourth-order valence-electron chi connectivity index (χ4n) is 2.14. The maximum atomic E-state index is 11.7. The van der Waals surface area contributed by atoms with Crippen molar-refractivity contribution in [3.8, 4) is 17.2 Å². The van der Waals surface area contributed by atoms with E-state index in [-0.39, 0.29) is 12.5 Å². The lowest BCUT2D eigenvalue weighted by atomic mass is 10.2. The average Bonchev–Trinajstić information content (AvgIpc) is 2.64. The van der Waals surface area contributed by atoms with E-state index < -0.39 is 0 Å². The number of carbonyl (C=O) groups is 1. The third-order valence-electron chi connectivity index (χ3n) is 3.62. The van der Waals surface area contributed by atoms with Crippen LogP contribution in [-0.2, 0) is 4.79 Å². The molecule has 1 aliphatic rings. The summed E-state index contributed by atoms with van der Waals surface area (Å²) in [5.41, 5.74) is 3.31. The van der Waals surface area contributed by atoms with Crippen LogP contribution in [0, 0.1) is 0 Å². The monoisotopic (exact) mass is 372 g/mol. The molecule has 1 aliphatic heterocycles. The van der Waals surface area contributed by atoms with Crippen molar-refractivity contribution in [2.75, 3.05) is 25.2 Å². The number of methoxy groups -OCH3 is 1. The van der Waals surface area contributed by atoms with E-state index in [1.807, 2.05) is 36.0 Å². The molecule has 0 aliphatic carbocycles. The van der Waals surface area contributed by atoms with Crippen molar-refractivity contribution in [3.05, 3.63) is 54.1 Å². The number of amides is 1. The van der Waals surface area contributed by atoms with E-state index in [1.54, 1.807) is 37.6 Å². The maximum absolute atomic E-state index is 11.7. The van der Waals surface area contributed by atoms with Crippen LogP contribution in [0.2, 0.25) is 0 Å². The van der Waals surface area contributed by atoms with Crippen molar-refractivity contribution >= 4 is 23.9 Å². The molecule has 0 unspecified atom stereocenters. The quantitative estimate of drug-likeness (QED) is 0.570. The number of benzene rings is 2. The number of ether oxygens (including phenoxy) is 3. The highest BCUT2D eigenvalue weighted by molar-refractivity contribution is 8.00. The molecular formula is C19H20N2O4S. The van der Waals surface area contributed by atoms with E-state index in [9.17, 15) is 4.79 Å². The molecule has 26 heavy (non-hydrogen) atoms. The minimum absolute atomic E-state index is 0.115. The topological polar surface area (TPSA) is 69.2 Å². The summed E-state index contributed by atoms with van der Waals surface area (Å²) in [5, 5.41) is 3.93. The highest BCUT2D eigenvalue weighted by atomic mass is 32.2. The Morgan fingerprint density at radius 2 is 1.77 bits per heavy atom. The summed E-state index contributed by atoms with van der Waals surface area (Å²) < 4.78 is 16.2. The molecule has 6 nitrogen and oxygen atoms in total. The molecule has 0 atom stereocenters. The van der Waals surface area contributed by atoms with Crippen LogP contribution in [0.5, 0.6) is 17.2 Å². The second-order valence-electron chi connectivity index (χ2n) is 5.60. The number of hydrazone groups is 1. The molecule has 0 aromatic heterocycles. The molecule has 1 N–H and O–H groups in total. The first-order valence-corrected chi connectivity index (χ1v) is 9.31. The van der Waals surface area contributed by atoms with Crippen molar-refractivity contribution in [2.45, 2.75) is 6.10 Å². The smallest absolute Gasteiger partial charge is 0.277 e. The van der Waals surface area contributed by atoms with E-state index in [1.165, 1.54) is 0 Å². The van der Waals surface area contributed by atoms with Gasteiger partial charge in [0.1, 0.15) is 23.4 Å². The predicted octanol–water partition coefficient (Wildman–Crippen LogP) is 2.72. The van der Waals surface area contributed by atoms with Crippen LogP contribution in [-0.4, -0.2) is 43.4 Å². The van der Waals surface area contributed by atoms with Crippen LogP contribution in [0.25, 0.3) is 0 Å². The van der Waals surface area contributed by atoms with Gasteiger partial charge >= 0.3 is 0 Å². The number of nitrogens with zero attached hydrogens (tertiary/aromatic N) is 1. The zero-order valence-electron chi connectivity index (χ0n) is 14.4. The molecule has 1 saturated heterocycles. The van der Waals surface area contributed by atoms with Crippen LogP contribution >= 0.6 is 11.8 Å². The Balaban J connectivity index is 1.40. The van der Waals surface area contributed by atoms with Gasteiger partial charge in [-0.3, -0.25) is 4.79 Å². The number of thioether (sulfide) groups is 1. The van der Waals surface area contributed by atoms with Crippen molar-refractivity contribution in [3.63, 3.8) is 0 Å². The second-order valence-corrected chi connectivity index (χ2v) is 6.68. The first kappa shape index (κ1) is 18.1. The molecule has 136 valence electrons. The van der Waals surface area contributed by atoms with E-state index in [0.29, 0.717) is 11.9 Å². The standard InChI is InChI=1S/C19H20N2O4S/c1-23-15-6-8-16(9-7-15)24-11-19(22)21-20-10-14-2-4-17(5-3-14)25-18-12-26-13-18/h2-10,18H,11-13H2,1H3,(H,21,22)/b20-10-. The van der Waals surface area contributed by atoms with Gasteiger partial charge in [0.05, 0.1) is 13.3 Å². The van der Waals surface area contributed by atoms with Crippen LogP contribution in [0.3, 0.4) is 0 Å². The maximum Gasteiger partial charge on any atom is 0.277 e. The fourth-order valence-corrected chi connectivity index (χ4v) is 2.70. The van der Waals surface area contributed by atoms with Crippen LogP contribution in [0.4, 0.5) is 0 Å².